The zero-order valence-electron chi connectivity index (χ0n) is 14.0. The average Bonchev–Trinajstić information content (AvgIpc) is 2.63. The maximum absolute atomic E-state index is 11.1. The standard InChI is InChI=1S/C18H22N4O3/c23-16-7-10-21(11-8-16)13-15-5-2-1-4-14(15)12-20-18-17(22(24)25)6-3-9-19-18/h1-6,9,16,23H,7-8,10-13H2,(H,19,20). The van der Waals surface area contributed by atoms with Crippen molar-refractivity contribution in [1.82, 2.24) is 9.88 Å². The van der Waals surface area contributed by atoms with Crippen LogP contribution in [0.15, 0.2) is 42.6 Å². The molecule has 0 amide bonds. The fourth-order valence-corrected chi connectivity index (χ4v) is 3.06. The van der Waals surface area contributed by atoms with Gasteiger partial charge in [0.25, 0.3) is 0 Å². The lowest BCUT2D eigenvalue weighted by atomic mass is 10.0. The molecule has 0 spiro atoms. The quantitative estimate of drug-likeness (QED) is 0.619. The fourth-order valence-electron chi connectivity index (χ4n) is 3.06. The van der Waals surface area contributed by atoms with Crippen molar-refractivity contribution in [3.63, 3.8) is 0 Å². The molecule has 0 aliphatic carbocycles. The van der Waals surface area contributed by atoms with Gasteiger partial charge in [0.15, 0.2) is 0 Å². The van der Waals surface area contributed by atoms with Gasteiger partial charge in [-0.25, -0.2) is 4.98 Å². The Morgan fingerprint density at radius 2 is 1.92 bits per heavy atom. The summed E-state index contributed by atoms with van der Waals surface area (Å²) in [7, 11) is 0. The number of nitro groups is 1. The molecule has 0 unspecified atom stereocenters. The number of pyridine rings is 1. The number of hydrogen-bond acceptors (Lipinski definition) is 6. The van der Waals surface area contributed by atoms with E-state index in [2.05, 4.69) is 21.3 Å². The van der Waals surface area contributed by atoms with E-state index < -0.39 is 4.92 Å². The van der Waals surface area contributed by atoms with Gasteiger partial charge in [-0.2, -0.15) is 0 Å². The highest BCUT2D eigenvalue weighted by atomic mass is 16.6. The molecule has 7 nitrogen and oxygen atoms in total. The third-order valence-electron chi connectivity index (χ3n) is 4.50. The SMILES string of the molecule is O=[N+]([O-])c1cccnc1NCc1ccccc1CN1CCC(O)CC1. The molecule has 2 N–H and O–H groups in total. The highest BCUT2D eigenvalue weighted by Crippen LogP contribution is 2.22. The molecule has 1 saturated heterocycles. The second kappa shape index (κ2) is 8.04. The lowest BCUT2D eigenvalue weighted by Gasteiger charge is -2.30. The van der Waals surface area contributed by atoms with Gasteiger partial charge in [-0.05, 0) is 30.0 Å². The van der Waals surface area contributed by atoms with Gasteiger partial charge in [0.1, 0.15) is 0 Å². The zero-order valence-corrected chi connectivity index (χ0v) is 14.0. The second-order valence-electron chi connectivity index (χ2n) is 6.26. The van der Waals surface area contributed by atoms with E-state index in [0.29, 0.717) is 6.54 Å². The Bertz CT molecular complexity index is 730. The molecule has 0 saturated carbocycles. The highest BCUT2D eigenvalue weighted by molar-refractivity contribution is 5.55. The molecule has 0 radical (unpaired) electrons. The van der Waals surface area contributed by atoms with E-state index in [1.165, 1.54) is 11.6 Å². The van der Waals surface area contributed by atoms with Gasteiger partial charge in [0, 0.05) is 38.4 Å². The van der Waals surface area contributed by atoms with E-state index in [4.69, 9.17) is 0 Å². The largest absolute Gasteiger partial charge is 0.393 e. The highest BCUT2D eigenvalue weighted by Gasteiger charge is 2.18. The number of anilines is 1. The number of rotatable bonds is 6. The molecule has 1 aromatic heterocycles. The number of piperidine rings is 1. The summed E-state index contributed by atoms with van der Waals surface area (Å²) in [5.74, 6) is 0.281. The van der Waals surface area contributed by atoms with Gasteiger partial charge in [0.05, 0.1) is 11.0 Å². The van der Waals surface area contributed by atoms with Crippen LogP contribution in [0.25, 0.3) is 0 Å². The molecule has 2 aromatic rings. The van der Waals surface area contributed by atoms with E-state index in [1.807, 2.05) is 18.2 Å². The summed E-state index contributed by atoms with van der Waals surface area (Å²) in [6, 6.07) is 11.1. The van der Waals surface area contributed by atoms with Gasteiger partial charge in [-0.3, -0.25) is 15.0 Å². The predicted octanol–water partition coefficient (Wildman–Crippen LogP) is 2.56. The van der Waals surface area contributed by atoms with Crippen LogP contribution < -0.4 is 5.32 Å². The van der Waals surface area contributed by atoms with Crippen molar-refractivity contribution < 1.29 is 10.0 Å². The Morgan fingerprint density at radius 1 is 1.20 bits per heavy atom. The first-order valence-electron chi connectivity index (χ1n) is 8.44. The van der Waals surface area contributed by atoms with E-state index in [-0.39, 0.29) is 17.6 Å². The van der Waals surface area contributed by atoms with Crippen LogP contribution in [0.5, 0.6) is 0 Å². The molecule has 25 heavy (non-hydrogen) atoms. The lowest BCUT2D eigenvalue weighted by molar-refractivity contribution is -0.384. The van der Waals surface area contributed by atoms with Crippen LogP contribution in [0.4, 0.5) is 11.5 Å². The summed E-state index contributed by atoms with van der Waals surface area (Å²) in [5.41, 5.74) is 2.25. The Balaban J connectivity index is 1.68. The molecular formula is C18H22N4O3. The smallest absolute Gasteiger partial charge is 0.311 e. The topological polar surface area (TPSA) is 91.5 Å². The van der Waals surface area contributed by atoms with E-state index in [1.54, 1.807) is 12.3 Å². The first-order valence-corrected chi connectivity index (χ1v) is 8.44. The van der Waals surface area contributed by atoms with Gasteiger partial charge in [-0.15, -0.1) is 0 Å². The summed E-state index contributed by atoms with van der Waals surface area (Å²) in [5, 5.41) is 23.8. The normalized spacial score (nSPS) is 15.9. The molecule has 1 aliphatic rings. The zero-order chi connectivity index (χ0) is 17.6. The van der Waals surface area contributed by atoms with Gasteiger partial charge < -0.3 is 10.4 Å². The number of benzene rings is 1. The van der Waals surface area contributed by atoms with E-state index >= 15 is 0 Å². The molecule has 2 heterocycles. The third-order valence-corrected chi connectivity index (χ3v) is 4.50. The molecule has 1 fully saturated rings. The maximum atomic E-state index is 11.1. The van der Waals surface area contributed by atoms with Crippen molar-refractivity contribution in [2.75, 3.05) is 18.4 Å². The van der Waals surface area contributed by atoms with Crippen LogP contribution in [0.1, 0.15) is 24.0 Å². The second-order valence-corrected chi connectivity index (χ2v) is 6.26. The number of hydrogen-bond donors (Lipinski definition) is 2. The molecule has 0 bridgehead atoms. The number of likely N-dealkylation sites (tertiary alicyclic amines) is 1. The number of nitrogens with zero attached hydrogens (tertiary/aromatic N) is 3. The molecule has 1 aliphatic heterocycles. The van der Waals surface area contributed by atoms with Gasteiger partial charge in [-0.1, -0.05) is 24.3 Å². The monoisotopic (exact) mass is 342 g/mol. The van der Waals surface area contributed by atoms with Crippen molar-refractivity contribution in [1.29, 1.82) is 0 Å². The Morgan fingerprint density at radius 3 is 2.64 bits per heavy atom. The molecule has 0 atom stereocenters. The molecule has 3 rings (SSSR count). The van der Waals surface area contributed by atoms with Crippen LogP contribution >= 0.6 is 0 Å². The van der Waals surface area contributed by atoms with Crippen LogP contribution in [-0.2, 0) is 13.1 Å². The minimum absolute atomic E-state index is 0.0231. The Labute approximate surface area is 146 Å². The van der Waals surface area contributed by atoms with Crippen molar-refractivity contribution in [2.24, 2.45) is 0 Å². The van der Waals surface area contributed by atoms with Crippen molar-refractivity contribution in [3.8, 4) is 0 Å². The molecule has 132 valence electrons. The Kier molecular flexibility index (Phi) is 5.57. The minimum atomic E-state index is -0.430. The average molecular weight is 342 g/mol. The summed E-state index contributed by atoms with van der Waals surface area (Å²) in [6.07, 6.45) is 2.97. The third kappa shape index (κ3) is 4.52. The van der Waals surface area contributed by atoms with Crippen LogP contribution in [-0.4, -0.2) is 39.1 Å². The molecule has 7 heteroatoms. The van der Waals surface area contributed by atoms with Crippen molar-refractivity contribution in [2.45, 2.75) is 32.0 Å². The Hall–Kier alpha value is -2.51. The first-order chi connectivity index (χ1) is 12.1. The number of nitrogens with one attached hydrogen (secondary N) is 1. The summed E-state index contributed by atoms with van der Waals surface area (Å²) in [6.45, 7) is 3.06. The maximum Gasteiger partial charge on any atom is 0.311 e. The first kappa shape index (κ1) is 17.3. The number of aliphatic hydroxyl groups is 1. The number of aliphatic hydroxyl groups excluding tert-OH is 1. The van der Waals surface area contributed by atoms with E-state index in [0.717, 1.165) is 38.0 Å². The minimum Gasteiger partial charge on any atom is -0.393 e. The van der Waals surface area contributed by atoms with Crippen LogP contribution in [0, 0.1) is 10.1 Å². The van der Waals surface area contributed by atoms with Gasteiger partial charge >= 0.3 is 5.69 Å². The van der Waals surface area contributed by atoms with E-state index in [9.17, 15) is 15.2 Å². The lowest BCUT2D eigenvalue weighted by Crippen LogP contribution is -2.35. The summed E-state index contributed by atoms with van der Waals surface area (Å²) in [4.78, 5) is 17.1. The van der Waals surface area contributed by atoms with Crippen LogP contribution in [0.2, 0.25) is 0 Å². The van der Waals surface area contributed by atoms with Crippen molar-refractivity contribution >= 4 is 11.5 Å². The van der Waals surface area contributed by atoms with Crippen LogP contribution in [0.3, 0.4) is 0 Å². The van der Waals surface area contributed by atoms with Gasteiger partial charge in [0.2, 0.25) is 5.82 Å². The molecular weight excluding hydrogens is 320 g/mol. The summed E-state index contributed by atoms with van der Waals surface area (Å²) < 4.78 is 0. The number of aromatic nitrogens is 1. The summed E-state index contributed by atoms with van der Waals surface area (Å²) >= 11 is 0. The fraction of sp³-hybridized carbons (Fsp3) is 0.389. The van der Waals surface area contributed by atoms with Crippen molar-refractivity contribution in [3.05, 3.63) is 63.8 Å². The molecule has 1 aromatic carbocycles. The predicted molar refractivity (Wildman–Crippen MR) is 95.2 cm³/mol.